The fourth-order valence-corrected chi connectivity index (χ4v) is 2.64. The van der Waals surface area contributed by atoms with Crippen molar-refractivity contribution in [3.05, 3.63) is 72.4 Å². The van der Waals surface area contributed by atoms with Crippen LogP contribution in [-0.4, -0.2) is 22.1 Å². The molecule has 0 spiro atoms. The number of aromatic amines is 1. The van der Waals surface area contributed by atoms with E-state index in [0.29, 0.717) is 12.3 Å². The Kier molecular flexibility index (Phi) is 5.17. The summed E-state index contributed by atoms with van der Waals surface area (Å²) in [6.45, 7) is 0.548. The summed E-state index contributed by atoms with van der Waals surface area (Å²) in [5, 5.41) is 0. The van der Waals surface area contributed by atoms with E-state index in [2.05, 4.69) is 15.0 Å². The summed E-state index contributed by atoms with van der Waals surface area (Å²) >= 11 is 0. The molecule has 4 aromatic rings. The molecular formula is C21H21N3O2. The first kappa shape index (κ1) is 17.5. The molecule has 0 aliphatic carbocycles. The zero-order valence-electron chi connectivity index (χ0n) is 13.8. The molecular weight excluding hydrogens is 326 g/mol. The first-order valence-corrected chi connectivity index (χ1v) is 7.99. The maximum absolute atomic E-state index is 5.82. The average molecular weight is 347 g/mol. The smallest absolute Gasteiger partial charge is 0.181 e. The van der Waals surface area contributed by atoms with E-state index in [1.54, 1.807) is 13.3 Å². The number of imidazole rings is 1. The topological polar surface area (TPSA) is 60.0 Å². The van der Waals surface area contributed by atoms with Crippen LogP contribution in [0.2, 0.25) is 0 Å². The van der Waals surface area contributed by atoms with Crippen molar-refractivity contribution < 1.29 is 9.47 Å². The summed E-state index contributed by atoms with van der Waals surface area (Å²) in [6, 6.07) is 19.7. The Balaban J connectivity index is 0.00000196. The number of H-pyrrole nitrogens is 1. The van der Waals surface area contributed by atoms with Crippen LogP contribution in [0.4, 0.5) is 0 Å². The van der Waals surface area contributed by atoms with Gasteiger partial charge in [0.15, 0.2) is 5.65 Å². The van der Waals surface area contributed by atoms with Gasteiger partial charge in [-0.05, 0) is 29.8 Å². The van der Waals surface area contributed by atoms with E-state index >= 15 is 0 Å². The molecule has 0 radical (unpaired) electrons. The first-order valence-electron chi connectivity index (χ1n) is 7.99. The molecule has 0 saturated carbocycles. The normalized spacial score (nSPS) is 10.3. The van der Waals surface area contributed by atoms with Crippen LogP contribution in [0, 0.1) is 0 Å². The number of hydrogen-bond acceptors (Lipinski definition) is 4. The highest BCUT2D eigenvalue weighted by molar-refractivity contribution is 5.81. The molecule has 5 heteroatoms. The van der Waals surface area contributed by atoms with Gasteiger partial charge in [-0.15, -0.1) is 0 Å². The summed E-state index contributed by atoms with van der Waals surface area (Å²) in [5.74, 6) is 2.30. The number of rotatable bonds is 5. The average Bonchev–Trinajstić information content (AvgIpc) is 3.12. The van der Waals surface area contributed by atoms with Gasteiger partial charge < -0.3 is 14.5 Å². The zero-order chi connectivity index (χ0) is 17.1. The fourth-order valence-electron chi connectivity index (χ4n) is 2.64. The van der Waals surface area contributed by atoms with Crippen molar-refractivity contribution in [1.29, 1.82) is 0 Å². The van der Waals surface area contributed by atoms with Crippen molar-refractivity contribution in [1.82, 2.24) is 15.0 Å². The number of nitrogens with zero attached hydrogens (tertiary/aromatic N) is 2. The molecule has 1 N–H and O–H groups in total. The summed E-state index contributed by atoms with van der Waals surface area (Å²) in [5.41, 5.74) is 3.54. The van der Waals surface area contributed by atoms with E-state index in [9.17, 15) is 0 Å². The van der Waals surface area contributed by atoms with Crippen molar-refractivity contribution in [3.63, 3.8) is 0 Å². The number of ether oxygens (including phenoxy) is 2. The minimum absolute atomic E-state index is 0. The molecule has 0 aliphatic rings. The van der Waals surface area contributed by atoms with Crippen molar-refractivity contribution in [2.75, 3.05) is 7.11 Å². The molecule has 2 aromatic carbocycles. The van der Waals surface area contributed by atoms with Gasteiger partial charge in [0.25, 0.3) is 0 Å². The third-order valence-electron chi connectivity index (χ3n) is 3.95. The van der Waals surface area contributed by atoms with Crippen LogP contribution >= 0.6 is 0 Å². The molecule has 2 heterocycles. The Morgan fingerprint density at radius 1 is 0.962 bits per heavy atom. The Labute approximate surface area is 152 Å². The molecule has 2 aromatic heterocycles. The third kappa shape index (κ3) is 3.52. The zero-order valence-corrected chi connectivity index (χ0v) is 13.8. The molecule has 0 fully saturated rings. The molecule has 0 bridgehead atoms. The largest absolute Gasteiger partial charge is 0.494 e. The van der Waals surface area contributed by atoms with E-state index in [-0.39, 0.29) is 7.43 Å². The van der Waals surface area contributed by atoms with Gasteiger partial charge in [0.05, 0.1) is 7.11 Å². The standard InChI is InChI=1S/C20H17N3O2.CH4/c1-24-17-11-12-21-20-18(17)22-19(23-20)15-7-9-16(10-8-15)25-13-14-5-3-2-4-6-14;/h2-12H,13H2,1H3,(H,21,22,23);1H4. The maximum Gasteiger partial charge on any atom is 0.181 e. The predicted molar refractivity (Wildman–Crippen MR) is 103 cm³/mol. The van der Waals surface area contributed by atoms with Crippen molar-refractivity contribution in [2.24, 2.45) is 0 Å². The lowest BCUT2D eigenvalue weighted by atomic mass is 10.2. The summed E-state index contributed by atoms with van der Waals surface area (Å²) in [4.78, 5) is 12.1. The number of methoxy groups -OCH3 is 1. The Bertz CT molecular complexity index is 979. The third-order valence-corrected chi connectivity index (χ3v) is 3.95. The SMILES string of the molecule is C.COc1ccnc2nc(-c3ccc(OCc4ccccc4)cc3)[nH]c12. The van der Waals surface area contributed by atoms with Gasteiger partial charge >= 0.3 is 0 Å². The number of aromatic nitrogens is 3. The molecule has 26 heavy (non-hydrogen) atoms. The van der Waals surface area contributed by atoms with Crippen molar-refractivity contribution in [3.8, 4) is 22.9 Å². The van der Waals surface area contributed by atoms with E-state index in [1.807, 2.05) is 60.7 Å². The molecule has 0 amide bonds. The quantitative estimate of drug-likeness (QED) is 0.561. The van der Waals surface area contributed by atoms with E-state index in [0.717, 1.165) is 34.0 Å². The highest BCUT2D eigenvalue weighted by Gasteiger charge is 2.10. The van der Waals surface area contributed by atoms with E-state index in [1.165, 1.54) is 0 Å². The molecule has 0 atom stereocenters. The van der Waals surface area contributed by atoms with Gasteiger partial charge in [0, 0.05) is 17.8 Å². The van der Waals surface area contributed by atoms with E-state index in [4.69, 9.17) is 9.47 Å². The van der Waals surface area contributed by atoms with Crippen molar-refractivity contribution >= 4 is 11.2 Å². The van der Waals surface area contributed by atoms with Gasteiger partial charge in [-0.25, -0.2) is 9.97 Å². The van der Waals surface area contributed by atoms with Gasteiger partial charge in [-0.3, -0.25) is 0 Å². The van der Waals surface area contributed by atoms with Crippen LogP contribution in [0.15, 0.2) is 66.9 Å². The number of nitrogens with one attached hydrogen (secondary N) is 1. The first-order chi connectivity index (χ1) is 12.3. The van der Waals surface area contributed by atoms with Gasteiger partial charge in [-0.2, -0.15) is 0 Å². The number of pyridine rings is 1. The van der Waals surface area contributed by atoms with Crippen LogP contribution in [0.5, 0.6) is 11.5 Å². The Morgan fingerprint density at radius 3 is 2.46 bits per heavy atom. The Hall–Kier alpha value is -3.34. The van der Waals surface area contributed by atoms with Crippen molar-refractivity contribution in [2.45, 2.75) is 14.0 Å². The lowest BCUT2D eigenvalue weighted by Gasteiger charge is -2.06. The molecule has 5 nitrogen and oxygen atoms in total. The van der Waals surface area contributed by atoms with E-state index < -0.39 is 0 Å². The second kappa shape index (κ2) is 7.70. The highest BCUT2D eigenvalue weighted by atomic mass is 16.5. The van der Waals surface area contributed by atoms with Crippen LogP contribution in [0.1, 0.15) is 13.0 Å². The minimum atomic E-state index is 0. The fraction of sp³-hybridized carbons (Fsp3) is 0.143. The number of hydrogen-bond donors (Lipinski definition) is 1. The van der Waals surface area contributed by atoms with Gasteiger partial charge in [0.1, 0.15) is 29.4 Å². The van der Waals surface area contributed by atoms with Crippen LogP contribution in [0.3, 0.4) is 0 Å². The maximum atomic E-state index is 5.82. The molecule has 4 rings (SSSR count). The van der Waals surface area contributed by atoms with Crippen LogP contribution in [-0.2, 0) is 6.61 Å². The van der Waals surface area contributed by atoms with Gasteiger partial charge in [-0.1, -0.05) is 37.8 Å². The number of benzene rings is 2. The molecule has 0 unspecified atom stereocenters. The summed E-state index contributed by atoms with van der Waals surface area (Å²) < 4.78 is 11.2. The summed E-state index contributed by atoms with van der Waals surface area (Å²) in [6.07, 6.45) is 1.69. The second-order valence-corrected chi connectivity index (χ2v) is 5.60. The monoisotopic (exact) mass is 347 g/mol. The minimum Gasteiger partial charge on any atom is -0.494 e. The second-order valence-electron chi connectivity index (χ2n) is 5.60. The van der Waals surface area contributed by atoms with Gasteiger partial charge in [0.2, 0.25) is 0 Å². The summed E-state index contributed by atoms with van der Waals surface area (Å²) in [7, 11) is 1.63. The Morgan fingerprint density at radius 2 is 1.73 bits per heavy atom. The lowest BCUT2D eigenvalue weighted by molar-refractivity contribution is 0.306. The molecule has 0 saturated heterocycles. The van der Waals surface area contributed by atoms with Crippen LogP contribution in [0.25, 0.3) is 22.6 Å². The molecule has 132 valence electrons. The number of fused-ring (bicyclic) bond motifs is 1. The van der Waals surface area contributed by atoms with Crippen LogP contribution < -0.4 is 9.47 Å². The predicted octanol–water partition coefficient (Wildman–Crippen LogP) is 4.85. The molecule has 0 aliphatic heterocycles. The highest BCUT2D eigenvalue weighted by Crippen LogP contribution is 2.26. The lowest BCUT2D eigenvalue weighted by Crippen LogP contribution is -1.94.